The molecule has 11 nitrogen and oxygen atoms in total. The van der Waals surface area contributed by atoms with E-state index in [1.54, 1.807) is 0 Å². The standard InChI is InChI=1S/C36H36FN3O6.C2HF3O2/c1-4-7-22(8-5-2)21-45-35(42)23-10-14-26(15-11-23)46-36(43)28-19-40(25-12-13-25)31-27(33(28)41)17-29(37)32(34(31)44-3)39-18-24-9-6-16-38-30(24)20-39;3-2(4,5)1(6)7/h1-2,10-11,14-15,17,19,22,24-25,30,38H,6-9,12-13,16,18,20-21H2,3H3;(H,6,7). The molecule has 2 atom stereocenters. The van der Waals surface area contributed by atoms with E-state index in [4.69, 9.17) is 37.0 Å². The summed E-state index contributed by atoms with van der Waals surface area (Å²) in [5.41, 5.74) is 0.236. The number of halogens is 4. The number of carboxylic acids is 1. The van der Waals surface area contributed by atoms with Crippen molar-refractivity contribution in [1.29, 1.82) is 0 Å². The number of pyridine rings is 1. The number of benzene rings is 2. The zero-order valence-corrected chi connectivity index (χ0v) is 28.7. The molecule has 15 heteroatoms. The monoisotopic (exact) mass is 739 g/mol. The van der Waals surface area contributed by atoms with Gasteiger partial charge in [-0.15, -0.1) is 24.7 Å². The van der Waals surface area contributed by atoms with Crippen LogP contribution in [0.15, 0.2) is 41.3 Å². The Morgan fingerprint density at radius 2 is 1.72 bits per heavy atom. The fraction of sp³-hybridized carbons (Fsp3) is 0.421. The lowest BCUT2D eigenvalue weighted by molar-refractivity contribution is -0.699. The Labute approximate surface area is 302 Å². The van der Waals surface area contributed by atoms with Gasteiger partial charge in [-0.25, -0.2) is 14.0 Å². The number of alkyl halides is 3. The van der Waals surface area contributed by atoms with Crippen LogP contribution in [0.4, 0.5) is 23.2 Å². The molecule has 3 heterocycles. The van der Waals surface area contributed by atoms with Crippen LogP contribution in [0.25, 0.3) is 10.9 Å². The topological polar surface area (TPSA) is 144 Å². The summed E-state index contributed by atoms with van der Waals surface area (Å²) in [5, 5.41) is 11.2. The summed E-state index contributed by atoms with van der Waals surface area (Å²) in [6.07, 6.45) is 11.8. The number of hydrogen-bond acceptors (Lipinski definition) is 9. The maximum absolute atomic E-state index is 15.9. The molecule has 0 radical (unpaired) electrons. The number of hydrogen-bond donors (Lipinski definition) is 1. The molecular weight excluding hydrogens is 702 g/mol. The van der Waals surface area contributed by atoms with Crippen molar-refractivity contribution < 1.29 is 56.6 Å². The number of terminal acetylenes is 2. The minimum Gasteiger partial charge on any atom is -0.542 e. The summed E-state index contributed by atoms with van der Waals surface area (Å²) >= 11 is 0. The highest BCUT2D eigenvalue weighted by Gasteiger charge is 2.40. The quantitative estimate of drug-likeness (QED) is 0.144. The van der Waals surface area contributed by atoms with Gasteiger partial charge in [0.25, 0.3) is 0 Å². The number of carbonyl (C=O) groups excluding carboxylic acids is 3. The molecule has 0 bridgehead atoms. The van der Waals surface area contributed by atoms with Crippen LogP contribution in [0.1, 0.15) is 65.3 Å². The number of esters is 2. The van der Waals surface area contributed by atoms with Gasteiger partial charge in [0.1, 0.15) is 29.0 Å². The minimum atomic E-state index is -5.19. The summed E-state index contributed by atoms with van der Waals surface area (Å²) < 4.78 is 66.1. The van der Waals surface area contributed by atoms with Gasteiger partial charge in [-0.3, -0.25) is 4.79 Å². The first-order valence-electron chi connectivity index (χ1n) is 16.9. The Morgan fingerprint density at radius 1 is 1.06 bits per heavy atom. The molecule has 3 fully saturated rings. The van der Waals surface area contributed by atoms with Crippen LogP contribution in [0.3, 0.4) is 0 Å². The van der Waals surface area contributed by atoms with Crippen molar-refractivity contribution in [1.82, 2.24) is 4.57 Å². The van der Waals surface area contributed by atoms with Crippen LogP contribution in [-0.2, 0) is 9.53 Å². The molecule has 1 aliphatic carbocycles. The first kappa shape index (κ1) is 38.7. The second-order valence-electron chi connectivity index (χ2n) is 13.1. The number of aromatic nitrogens is 1. The summed E-state index contributed by atoms with van der Waals surface area (Å²) in [4.78, 5) is 50.4. The molecule has 0 spiro atoms. The molecule has 2 aromatic carbocycles. The van der Waals surface area contributed by atoms with Crippen molar-refractivity contribution in [3.8, 4) is 36.2 Å². The van der Waals surface area contributed by atoms with E-state index in [2.05, 4.69) is 17.2 Å². The predicted octanol–water partition coefficient (Wildman–Crippen LogP) is 2.98. The molecule has 2 aliphatic heterocycles. The number of piperidine rings is 1. The van der Waals surface area contributed by atoms with Crippen LogP contribution in [0.5, 0.6) is 11.5 Å². The largest absolute Gasteiger partial charge is 0.542 e. The fourth-order valence-corrected chi connectivity index (χ4v) is 6.70. The number of nitrogens with two attached hydrogens (primary N) is 1. The molecule has 1 saturated carbocycles. The smallest absolute Gasteiger partial charge is 0.430 e. The van der Waals surface area contributed by atoms with Crippen molar-refractivity contribution in [3.63, 3.8) is 0 Å². The van der Waals surface area contributed by atoms with Crippen molar-refractivity contribution in [3.05, 3.63) is 63.7 Å². The average Bonchev–Trinajstić information content (AvgIpc) is 3.88. The lowest BCUT2D eigenvalue weighted by Gasteiger charge is -2.24. The second kappa shape index (κ2) is 16.4. The molecule has 2 saturated heterocycles. The molecule has 6 rings (SSSR count). The molecule has 3 aliphatic rings. The van der Waals surface area contributed by atoms with Gasteiger partial charge in [-0.05, 0) is 56.0 Å². The number of methoxy groups -OCH3 is 1. The summed E-state index contributed by atoms with van der Waals surface area (Å²) in [6.45, 7) is 2.59. The number of anilines is 1. The van der Waals surface area contributed by atoms with E-state index in [1.165, 1.54) is 43.6 Å². The fourth-order valence-electron chi connectivity index (χ4n) is 6.70. The van der Waals surface area contributed by atoms with Gasteiger partial charge < -0.3 is 38.9 Å². The molecule has 3 aromatic rings. The average molecular weight is 740 g/mol. The molecule has 2 N–H and O–H groups in total. The number of carboxylic acid groups (broad SMARTS) is 1. The molecule has 280 valence electrons. The van der Waals surface area contributed by atoms with Gasteiger partial charge in [0.05, 0.1) is 43.3 Å². The second-order valence-corrected chi connectivity index (χ2v) is 13.1. The van der Waals surface area contributed by atoms with Crippen LogP contribution < -0.4 is 30.2 Å². The minimum absolute atomic E-state index is 0.0440. The Bertz CT molecular complexity index is 1980. The van der Waals surface area contributed by atoms with Crippen molar-refractivity contribution in [2.45, 2.75) is 56.8 Å². The van der Waals surface area contributed by atoms with E-state index in [0.29, 0.717) is 48.3 Å². The molecule has 1 aromatic heterocycles. The van der Waals surface area contributed by atoms with E-state index in [9.17, 15) is 27.6 Å². The number of carbonyl (C=O) groups is 3. The number of aliphatic carboxylic acids is 1. The van der Waals surface area contributed by atoms with Crippen LogP contribution >= 0.6 is 0 Å². The third kappa shape index (κ3) is 8.92. The molecule has 0 amide bonds. The number of nitrogens with zero attached hydrogens (tertiary/aromatic N) is 2. The van der Waals surface area contributed by atoms with Crippen LogP contribution in [0.2, 0.25) is 0 Å². The Balaban J connectivity index is 0.000000705. The highest BCUT2D eigenvalue weighted by atomic mass is 19.4. The third-order valence-electron chi connectivity index (χ3n) is 9.41. The van der Waals surface area contributed by atoms with E-state index < -0.39 is 35.3 Å². The zero-order valence-electron chi connectivity index (χ0n) is 28.7. The summed E-state index contributed by atoms with van der Waals surface area (Å²) in [7, 11) is 1.49. The van der Waals surface area contributed by atoms with Crippen LogP contribution in [0, 0.1) is 42.3 Å². The van der Waals surface area contributed by atoms with Gasteiger partial charge in [0.2, 0.25) is 5.43 Å². The number of ether oxygens (including phenoxy) is 3. The Kier molecular flexibility index (Phi) is 12.0. The third-order valence-corrected chi connectivity index (χ3v) is 9.41. The highest BCUT2D eigenvalue weighted by molar-refractivity contribution is 5.98. The number of fused-ring (bicyclic) bond motifs is 2. The highest BCUT2D eigenvalue weighted by Crippen LogP contribution is 2.45. The van der Waals surface area contributed by atoms with Gasteiger partial charge in [0, 0.05) is 43.5 Å². The van der Waals surface area contributed by atoms with Crippen LogP contribution in [-0.4, -0.2) is 68.0 Å². The summed E-state index contributed by atoms with van der Waals surface area (Å²) in [6, 6.07) is 7.47. The van der Waals surface area contributed by atoms with E-state index >= 15 is 4.39 Å². The normalized spacial score (nSPS) is 17.9. The first-order valence-corrected chi connectivity index (χ1v) is 16.9. The molecule has 53 heavy (non-hydrogen) atoms. The van der Waals surface area contributed by atoms with Crippen molar-refractivity contribution in [2.24, 2.45) is 11.8 Å². The van der Waals surface area contributed by atoms with E-state index in [-0.39, 0.29) is 40.8 Å². The number of rotatable bonds is 10. The van der Waals surface area contributed by atoms with E-state index in [1.807, 2.05) is 9.47 Å². The Hall–Kier alpha value is -5.54. The number of quaternary nitrogens is 1. The maximum atomic E-state index is 15.9. The van der Waals surface area contributed by atoms with E-state index in [0.717, 1.165) is 38.8 Å². The predicted molar refractivity (Wildman–Crippen MR) is 182 cm³/mol. The zero-order chi connectivity index (χ0) is 38.4. The van der Waals surface area contributed by atoms with Crippen molar-refractivity contribution in [2.75, 3.05) is 38.3 Å². The SMILES string of the molecule is C#CCC(CC#C)COC(=O)c1ccc(OC(=O)c2cn(C3CC3)c3c(OC)c(N4CC5CCC[NH2+]C5C4)c(F)cc3c2=O)cc1.O=C([O-])C(F)(F)F. The molecule has 2 unspecified atom stereocenters. The van der Waals surface area contributed by atoms with Gasteiger partial charge in [-0.2, -0.15) is 13.2 Å². The maximum Gasteiger partial charge on any atom is 0.430 e. The Morgan fingerprint density at radius 3 is 2.28 bits per heavy atom. The van der Waals surface area contributed by atoms with Crippen molar-refractivity contribution >= 4 is 34.5 Å². The van der Waals surface area contributed by atoms with Gasteiger partial charge >= 0.3 is 18.1 Å². The van der Waals surface area contributed by atoms with Gasteiger partial charge in [-0.1, -0.05) is 0 Å². The summed E-state index contributed by atoms with van der Waals surface area (Å²) in [5.74, 6) is 0.813. The first-order chi connectivity index (χ1) is 25.3. The lowest BCUT2D eigenvalue weighted by atomic mass is 9.94. The lowest BCUT2D eigenvalue weighted by Crippen LogP contribution is -2.93. The molecular formula is C38H37F4N3O8. The van der Waals surface area contributed by atoms with Gasteiger partial charge in [0.15, 0.2) is 11.6 Å².